The van der Waals surface area contributed by atoms with Crippen LogP contribution in [0.3, 0.4) is 0 Å². The van der Waals surface area contributed by atoms with Gasteiger partial charge in [-0.3, -0.25) is 4.40 Å². The molecule has 0 saturated carbocycles. The Morgan fingerprint density at radius 3 is 2.81 bits per heavy atom. The molecule has 26 heavy (non-hydrogen) atoms. The van der Waals surface area contributed by atoms with Crippen molar-refractivity contribution in [1.82, 2.24) is 14.4 Å². The molecule has 2 heterocycles. The third-order valence-electron chi connectivity index (χ3n) is 4.26. The van der Waals surface area contributed by atoms with Gasteiger partial charge in [0.25, 0.3) is 0 Å². The van der Waals surface area contributed by atoms with E-state index in [4.69, 9.17) is 0 Å². The van der Waals surface area contributed by atoms with Crippen molar-refractivity contribution in [2.24, 2.45) is 0 Å². The predicted octanol–water partition coefficient (Wildman–Crippen LogP) is 5.22. The van der Waals surface area contributed by atoms with E-state index in [9.17, 15) is 5.11 Å². The summed E-state index contributed by atoms with van der Waals surface area (Å²) < 4.78 is 2.75. The third-order valence-corrected chi connectivity index (χ3v) is 4.76. The Labute approximate surface area is 159 Å². The van der Waals surface area contributed by atoms with Crippen LogP contribution >= 0.6 is 15.9 Å². The molecule has 0 atom stereocenters. The molecule has 2 aromatic heterocycles. The van der Waals surface area contributed by atoms with E-state index in [0.717, 1.165) is 27.1 Å². The van der Waals surface area contributed by atoms with E-state index in [2.05, 4.69) is 63.3 Å². The summed E-state index contributed by atoms with van der Waals surface area (Å²) in [4.78, 5) is 8.98. The maximum atomic E-state index is 10.4. The van der Waals surface area contributed by atoms with Gasteiger partial charge in [0.05, 0.1) is 0 Å². The standard InChI is InChI=1S/C20H17BrN4O/c1-12-4-5-13(2)16(10-12)23-19-18(15-11-14(21)6-7-17(15)26)24-20-22-8-3-9-25(19)20/h3-11,23,26H,1-2H3. The van der Waals surface area contributed by atoms with E-state index in [1.807, 2.05) is 22.7 Å². The summed E-state index contributed by atoms with van der Waals surface area (Å²) >= 11 is 3.47. The first-order valence-corrected chi connectivity index (χ1v) is 8.98. The summed E-state index contributed by atoms with van der Waals surface area (Å²) in [5.74, 6) is 1.49. The van der Waals surface area contributed by atoms with Crippen LogP contribution in [0.25, 0.3) is 17.0 Å². The van der Waals surface area contributed by atoms with Gasteiger partial charge in [0.1, 0.15) is 17.3 Å². The zero-order valence-corrected chi connectivity index (χ0v) is 15.9. The summed E-state index contributed by atoms with van der Waals surface area (Å²) in [5, 5.41) is 13.9. The summed E-state index contributed by atoms with van der Waals surface area (Å²) in [7, 11) is 0. The minimum absolute atomic E-state index is 0.167. The quantitative estimate of drug-likeness (QED) is 0.487. The fourth-order valence-corrected chi connectivity index (χ4v) is 3.25. The maximum Gasteiger partial charge on any atom is 0.235 e. The number of aromatic hydroxyl groups is 1. The van der Waals surface area contributed by atoms with Crippen LogP contribution in [0.1, 0.15) is 11.1 Å². The summed E-state index contributed by atoms with van der Waals surface area (Å²) in [5.41, 5.74) is 4.56. The van der Waals surface area contributed by atoms with Gasteiger partial charge in [-0.2, -0.15) is 0 Å². The lowest BCUT2D eigenvalue weighted by atomic mass is 10.1. The van der Waals surface area contributed by atoms with E-state index in [-0.39, 0.29) is 5.75 Å². The van der Waals surface area contributed by atoms with Crippen LogP contribution in [-0.4, -0.2) is 19.5 Å². The highest BCUT2D eigenvalue weighted by Crippen LogP contribution is 2.37. The van der Waals surface area contributed by atoms with Crippen molar-refractivity contribution in [2.75, 3.05) is 5.32 Å². The molecule has 0 amide bonds. The van der Waals surface area contributed by atoms with E-state index >= 15 is 0 Å². The van der Waals surface area contributed by atoms with Crippen LogP contribution in [0.5, 0.6) is 5.75 Å². The summed E-state index contributed by atoms with van der Waals surface area (Å²) in [6.45, 7) is 4.11. The molecule has 4 rings (SSSR count). The largest absolute Gasteiger partial charge is 0.507 e. The third kappa shape index (κ3) is 2.93. The van der Waals surface area contributed by atoms with Gasteiger partial charge in [0.15, 0.2) is 0 Å². The molecule has 0 unspecified atom stereocenters. The molecule has 2 N–H and O–H groups in total. The number of anilines is 2. The van der Waals surface area contributed by atoms with Crippen molar-refractivity contribution in [3.8, 4) is 17.0 Å². The summed E-state index contributed by atoms with van der Waals surface area (Å²) in [6.07, 6.45) is 3.61. The fourth-order valence-electron chi connectivity index (χ4n) is 2.89. The molecule has 4 aromatic rings. The Balaban J connectivity index is 1.95. The Morgan fingerprint density at radius 2 is 1.96 bits per heavy atom. The average Bonchev–Trinajstić information content (AvgIpc) is 2.99. The molecule has 0 bridgehead atoms. The van der Waals surface area contributed by atoms with Crippen molar-refractivity contribution in [1.29, 1.82) is 0 Å². The maximum absolute atomic E-state index is 10.4. The number of halogens is 1. The number of nitrogens with one attached hydrogen (secondary N) is 1. The van der Waals surface area contributed by atoms with E-state index < -0.39 is 0 Å². The normalized spacial score (nSPS) is 11.0. The first-order valence-electron chi connectivity index (χ1n) is 8.19. The van der Waals surface area contributed by atoms with E-state index in [1.54, 1.807) is 18.3 Å². The highest BCUT2D eigenvalue weighted by Gasteiger charge is 2.18. The smallest absolute Gasteiger partial charge is 0.235 e. The number of nitrogens with zero attached hydrogens (tertiary/aromatic N) is 3. The number of imidazole rings is 1. The van der Waals surface area contributed by atoms with Gasteiger partial charge in [0, 0.05) is 28.1 Å². The van der Waals surface area contributed by atoms with Gasteiger partial charge in [-0.05, 0) is 55.3 Å². The number of benzene rings is 2. The number of hydrogen-bond acceptors (Lipinski definition) is 4. The molecule has 0 fully saturated rings. The topological polar surface area (TPSA) is 62.5 Å². The highest BCUT2D eigenvalue weighted by molar-refractivity contribution is 9.10. The second-order valence-corrected chi connectivity index (χ2v) is 7.12. The lowest BCUT2D eigenvalue weighted by Gasteiger charge is -2.12. The van der Waals surface area contributed by atoms with Crippen molar-refractivity contribution in [3.63, 3.8) is 0 Å². The molecule has 0 radical (unpaired) electrons. The molecule has 0 spiro atoms. The zero-order chi connectivity index (χ0) is 18.3. The van der Waals surface area contributed by atoms with Crippen molar-refractivity contribution in [3.05, 3.63) is 70.5 Å². The molecule has 0 saturated heterocycles. The second kappa shape index (κ2) is 6.46. The number of phenols is 1. The van der Waals surface area contributed by atoms with Crippen LogP contribution in [0.15, 0.2) is 59.3 Å². The number of phenolic OH excluding ortho intramolecular Hbond substituents is 1. The molecular weight excluding hydrogens is 392 g/mol. The van der Waals surface area contributed by atoms with Crippen molar-refractivity contribution >= 4 is 33.2 Å². The first kappa shape index (κ1) is 16.6. The number of aryl methyl sites for hydroxylation is 2. The number of hydrogen-bond donors (Lipinski definition) is 2. The lowest BCUT2D eigenvalue weighted by molar-refractivity contribution is 0.477. The van der Waals surface area contributed by atoms with Crippen molar-refractivity contribution < 1.29 is 5.11 Å². The predicted molar refractivity (Wildman–Crippen MR) is 107 cm³/mol. The second-order valence-electron chi connectivity index (χ2n) is 6.20. The molecule has 130 valence electrons. The van der Waals surface area contributed by atoms with Gasteiger partial charge in [-0.1, -0.05) is 28.1 Å². The monoisotopic (exact) mass is 408 g/mol. The lowest BCUT2D eigenvalue weighted by Crippen LogP contribution is -1.99. The van der Waals surface area contributed by atoms with E-state index in [1.165, 1.54) is 0 Å². The van der Waals surface area contributed by atoms with Gasteiger partial charge >= 0.3 is 0 Å². The molecule has 6 heteroatoms. The molecular formula is C20H17BrN4O. The first-order chi connectivity index (χ1) is 12.5. The minimum atomic E-state index is 0.167. The highest BCUT2D eigenvalue weighted by atomic mass is 79.9. The van der Waals surface area contributed by atoms with Crippen LogP contribution in [0, 0.1) is 13.8 Å². The zero-order valence-electron chi connectivity index (χ0n) is 14.4. The van der Waals surface area contributed by atoms with Crippen LogP contribution < -0.4 is 5.32 Å². The number of aromatic nitrogens is 3. The Hall–Kier alpha value is -2.86. The average molecular weight is 409 g/mol. The fraction of sp³-hybridized carbons (Fsp3) is 0.100. The minimum Gasteiger partial charge on any atom is -0.507 e. The van der Waals surface area contributed by atoms with Crippen LogP contribution in [0.2, 0.25) is 0 Å². The molecule has 0 aliphatic rings. The molecule has 0 aliphatic carbocycles. The SMILES string of the molecule is Cc1ccc(C)c(Nc2c(-c3cc(Br)ccc3O)nc3ncccn23)c1. The number of rotatable bonds is 3. The molecule has 0 aliphatic heterocycles. The van der Waals surface area contributed by atoms with Gasteiger partial charge < -0.3 is 10.4 Å². The molecule has 2 aromatic carbocycles. The Kier molecular flexibility index (Phi) is 4.12. The van der Waals surface area contributed by atoms with Gasteiger partial charge in [0.2, 0.25) is 5.78 Å². The van der Waals surface area contributed by atoms with Gasteiger partial charge in [-0.15, -0.1) is 0 Å². The molecule has 5 nitrogen and oxygen atoms in total. The Bertz CT molecular complexity index is 1120. The van der Waals surface area contributed by atoms with Crippen LogP contribution in [-0.2, 0) is 0 Å². The Morgan fingerprint density at radius 1 is 1.12 bits per heavy atom. The van der Waals surface area contributed by atoms with Crippen LogP contribution in [0.4, 0.5) is 11.5 Å². The number of fused-ring (bicyclic) bond motifs is 1. The summed E-state index contributed by atoms with van der Waals surface area (Å²) in [6, 6.07) is 13.4. The van der Waals surface area contributed by atoms with Gasteiger partial charge in [-0.25, -0.2) is 9.97 Å². The van der Waals surface area contributed by atoms with E-state index in [0.29, 0.717) is 17.0 Å². The van der Waals surface area contributed by atoms with Crippen molar-refractivity contribution in [2.45, 2.75) is 13.8 Å².